The Kier molecular flexibility index (Phi) is 3.76. The average Bonchev–Trinajstić information content (AvgIpc) is 2.96. The van der Waals surface area contributed by atoms with Crippen LogP contribution in [0.3, 0.4) is 0 Å². The van der Waals surface area contributed by atoms with Gasteiger partial charge < -0.3 is 10.2 Å². The summed E-state index contributed by atoms with van der Waals surface area (Å²) >= 11 is 4.40. The number of carbonyl (C=O) groups excluding carboxylic acids is 1. The lowest BCUT2D eigenvalue weighted by molar-refractivity contribution is -0.159. The molecule has 0 unspecified atom stereocenters. The summed E-state index contributed by atoms with van der Waals surface area (Å²) in [6.07, 6.45) is 0.651. The molecule has 1 saturated heterocycles. The van der Waals surface area contributed by atoms with E-state index in [1.54, 1.807) is 11.7 Å². The normalized spacial score (nSPS) is 25.4. The second-order valence-electron chi connectivity index (χ2n) is 4.22. The number of thiazole rings is 1. The fourth-order valence-electron chi connectivity index (χ4n) is 2.07. The van der Waals surface area contributed by atoms with Gasteiger partial charge in [0.1, 0.15) is 11.1 Å². The number of amides is 1. The molecule has 2 aliphatic rings. The Hall–Kier alpha value is -1.03. The number of rotatable bonds is 4. The molecule has 9 heteroatoms. The minimum Gasteiger partial charge on any atom is -0.477 e. The monoisotopic (exact) mass is 330 g/mol. The third kappa shape index (κ3) is 2.24. The second-order valence-corrected chi connectivity index (χ2v) is 7.49. The Morgan fingerprint density at radius 1 is 1.60 bits per heavy atom. The number of β-lactam (4-membered cyclic amide) rings is 1. The van der Waals surface area contributed by atoms with Crippen molar-refractivity contribution in [1.82, 2.24) is 9.88 Å². The van der Waals surface area contributed by atoms with Gasteiger partial charge in [0.25, 0.3) is 5.91 Å². The Labute approximate surface area is 126 Å². The summed E-state index contributed by atoms with van der Waals surface area (Å²) in [6, 6.07) is 0. The van der Waals surface area contributed by atoms with Crippen molar-refractivity contribution in [2.75, 3.05) is 11.5 Å². The maximum Gasteiger partial charge on any atom is 0.352 e. The Bertz CT molecular complexity index is 586. The van der Waals surface area contributed by atoms with E-state index in [1.165, 1.54) is 39.8 Å². The van der Waals surface area contributed by atoms with Crippen molar-refractivity contribution in [3.63, 3.8) is 0 Å². The molecule has 2 atom stereocenters. The van der Waals surface area contributed by atoms with Crippen LogP contribution in [0.25, 0.3) is 0 Å². The van der Waals surface area contributed by atoms with Crippen LogP contribution in [0.2, 0.25) is 0 Å². The molecule has 1 fully saturated rings. The molecule has 0 saturated carbocycles. The van der Waals surface area contributed by atoms with Crippen molar-refractivity contribution in [2.24, 2.45) is 0 Å². The van der Waals surface area contributed by atoms with Crippen molar-refractivity contribution in [1.29, 1.82) is 0 Å². The third-order valence-electron chi connectivity index (χ3n) is 3.02. The number of aliphatic carboxylic acids is 1. The number of carboxylic acid groups (broad SMARTS) is 1. The molecular formula is C11H10N2O4S3. The topological polar surface area (TPSA) is 90.7 Å². The van der Waals surface area contributed by atoms with Crippen LogP contribution in [-0.2, 0) is 9.59 Å². The molecule has 0 aromatic carbocycles. The van der Waals surface area contributed by atoms with Gasteiger partial charge in [-0.05, 0) is 5.57 Å². The SMILES string of the molecule is O=C(O)C1=C(CSc2cncs2)CS[C@@H]2[C@H](O)C(=O)N12. The fraction of sp³-hybridized carbons (Fsp3) is 0.364. The predicted octanol–water partition coefficient (Wildman–Crippen LogP) is 0.850. The quantitative estimate of drug-likeness (QED) is 0.625. The number of carbonyl (C=O) groups is 2. The molecule has 1 amide bonds. The highest BCUT2D eigenvalue weighted by Crippen LogP contribution is 2.41. The molecule has 6 nitrogen and oxygen atoms in total. The summed E-state index contributed by atoms with van der Waals surface area (Å²) in [5.41, 5.74) is 2.45. The Morgan fingerprint density at radius 3 is 3.05 bits per heavy atom. The minimum atomic E-state index is -1.12. The van der Waals surface area contributed by atoms with Gasteiger partial charge in [-0.3, -0.25) is 14.7 Å². The van der Waals surface area contributed by atoms with Crippen molar-refractivity contribution in [3.8, 4) is 0 Å². The van der Waals surface area contributed by atoms with Crippen molar-refractivity contribution in [2.45, 2.75) is 15.7 Å². The summed E-state index contributed by atoms with van der Waals surface area (Å²) in [5.74, 6) is -0.627. The first kappa shape index (κ1) is 13.9. The fourth-order valence-corrected chi connectivity index (χ4v) is 5.09. The molecule has 20 heavy (non-hydrogen) atoms. The molecular weight excluding hydrogens is 320 g/mol. The highest BCUT2D eigenvalue weighted by molar-refractivity contribution is 8.02. The van der Waals surface area contributed by atoms with Gasteiger partial charge >= 0.3 is 5.97 Å². The number of aliphatic hydroxyl groups is 1. The van der Waals surface area contributed by atoms with E-state index in [9.17, 15) is 19.8 Å². The second kappa shape index (κ2) is 5.40. The molecule has 0 aliphatic carbocycles. The maximum atomic E-state index is 11.6. The van der Waals surface area contributed by atoms with Gasteiger partial charge in [-0.25, -0.2) is 4.79 Å². The summed E-state index contributed by atoms with van der Waals surface area (Å²) in [7, 11) is 0. The van der Waals surface area contributed by atoms with Crippen molar-refractivity contribution in [3.05, 3.63) is 23.0 Å². The number of thioether (sulfide) groups is 2. The van der Waals surface area contributed by atoms with E-state index in [0.29, 0.717) is 17.1 Å². The smallest absolute Gasteiger partial charge is 0.352 e. The average molecular weight is 330 g/mol. The summed E-state index contributed by atoms with van der Waals surface area (Å²) in [5, 5.41) is 18.4. The van der Waals surface area contributed by atoms with Crippen LogP contribution in [0.15, 0.2) is 27.2 Å². The molecule has 2 N–H and O–H groups in total. The number of hydrogen-bond acceptors (Lipinski definition) is 7. The summed E-state index contributed by atoms with van der Waals surface area (Å²) in [4.78, 5) is 28.2. The van der Waals surface area contributed by atoms with Gasteiger partial charge in [0, 0.05) is 11.5 Å². The number of hydrogen-bond donors (Lipinski definition) is 2. The van der Waals surface area contributed by atoms with E-state index in [-0.39, 0.29) is 5.70 Å². The molecule has 1 aromatic heterocycles. The third-order valence-corrected chi connectivity index (χ3v) is 6.44. The van der Waals surface area contributed by atoms with E-state index in [2.05, 4.69) is 4.98 Å². The Morgan fingerprint density at radius 2 is 2.40 bits per heavy atom. The number of nitrogens with zero attached hydrogens (tertiary/aromatic N) is 2. The maximum absolute atomic E-state index is 11.6. The highest BCUT2D eigenvalue weighted by Gasteiger charge is 2.52. The number of aromatic nitrogens is 1. The zero-order valence-corrected chi connectivity index (χ0v) is 12.5. The van der Waals surface area contributed by atoms with E-state index in [4.69, 9.17) is 0 Å². The minimum absolute atomic E-state index is 0.0288. The van der Waals surface area contributed by atoms with Crippen LogP contribution in [0.1, 0.15) is 0 Å². The number of carboxylic acids is 1. The van der Waals surface area contributed by atoms with Gasteiger partial charge in [-0.1, -0.05) is 0 Å². The first-order valence-electron chi connectivity index (χ1n) is 5.69. The van der Waals surface area contributed by atoms with Crippen LogP contribution in [0.5, 0.6) is 0 Å². The van der Waals surface area contributed by atoms with Crippen LogP contribution in [-0.4, -0.2) is 55.0 Å². The van der Waals surface area contributed by atoms with Gasteiger partial charge in [-0.2, -0.15) is 0 Å². The zero-order valence-electron chi connectivity index (χ0n) is 10.1. The van der Waals surface area contributed by atoms with Crippen molar-refractivity contribution >= 4 is 46.7 Å². The van der Waals surface area contributed by atoms with Crippen LogP contribution < -0.4 is 0 Å². The van der Waals surface area contributed by atoms with Crippen LogP contribution in [0.4, 0.5) is 0 Å². The lowest BCUT2D eigenvalue weighted by atomic mass is 10.1. The first-order valence-corrected chi connectivity index (χ1v) is 8.60. The zero-order chi connectivity index (χ0) is 14.3. The van der Waals surface area contributed by atoms with E-state index in [1.807, 2.05) is 0 Å². The largest absolute Gasteiger partial charge is 0.477 e. The number of fused-ring (bicyclic) bond motifs is 1. The first-order chi connectivity index (χ1) is 9.59. The lowest BCUT2D eigenvalue weighted by Crippen LogP contribution is -2.64. The molecule has 0 bridgehead atoms. The van der Waals surface area contributed by atoms with Crippen molar-refractivity contribution < 1.29 is 19.8 Å². The van der Waals surface area contributed by atoms with Gasteiger partial charge in [0.2, 0.25) is 0 Å². The number of aliphatic hydroxyl groups excluding tert-OH is 1. The molecule has 106 valence electrons. The van der Waals surface area contributed by atoms with Gasteiger partial charge in [-0.15, -0.1) is 34.9 Å². The lowest BCUT2D eigenvalue weighted by Gasteiger charge is -2.47. The molecule has 0 spiro atoms. The molecule has 3 heterocycles. The predicted molar refractivity (Wildman–Crippen MR) is 76.6 cm³/mol. The summed E-state index contributed by atoms with van der Waals surface area (Å²) in [6.45, 7) is 0. The van der Waals surface area contributed by atoms with Crippen LogP contribution in [0, 0.1) is 0 Å². The summed E-state index contributed by atoms with van der Waals surface area (Å²) < 4.78 is 1.00. The van der Waals surface area contributed by atoms with Crippen LogP contribution >= 0.6 is 34.9 Å². The standard InChI is InChI=1S/C11H10N2O4S3/c14-8-9(15)13-7(11(16)17)5(3-19-10(8)13)2-18-6-1-12-4-20-6/h1,4,8,10,14H,2-3H2,(H,16,17)/t8-,10-/m1/s1. The molecule has 0 radical (unpaired) electrons. The molecule has 2 aliphatic heterocycles. The molecule has 1 aromatic rings. The van der Waals surface area contributed by atoms with E-state index in [0.717, 1.165) is 4.21 Å². The Balaban J connectivity index is 1.82. The van der Waals surface area contributed by atoms with Gasteiger partial charge in [0.15, 0.2) is 6.10 Å². The highest BCUT2D eigenvalue weighted by atomic mass is 32.2. The van der Waals surface area contributed by atoms with E-state index < -0.39 is 23.4 Å². The van der Waals surface area contributed by atoms with Gasteiger partial charge in [0.05, 0.1) is 15.9 Å². The van der Waals surface area contributed by atoms with E-state index >= 15 is 0 Å². The molecule has 3 rings (SSSR count).